The summed E-state index contributed by atoms with van der Waals surface area (Å²) >= 11 is 0. The lowest BCUT2D eigenvalue weighted by Gasteiger charge is -2.41. The normalized spacial score (nSPS) is 18.0. The highest BCUT2D eigenvalue weighted by Crippen LogP contribution is 2.42. The van der Waals surface area contributed by atoms with Crippen molar-refractivity contribution in [3.05, 3.63) is 65.7 Å². The summed E-state index contributed by atoms with van der Waals surface area (Å²) in [5.74, 6) is 0.870. The summed E-state index contributed by atoms with van der Waals surface area (Å²) in [5.41, 5.74) is 1.31. The molecule has 1 N–H and O–H groups in total. The lowest BCUT2D eigenvalue weighted by molar-refractivity contribution is -0.0152. The standard InChI is InChI=1S/C24H33NO2.ClH/c1-3-16-24(26,21-12-14-22(27-2)15-13-21)23(20-10-6-4-7-11-20)19-25-17-8-5-9-18-25;/h4,6-7,10-15,23,26H,3,5,8-9,16-19H2,1-2H3;1H. The first-order valence-electron chi connectivity index (χ1n) is 10.3. The van der Waals surface area contributed by atoms with Crippen LogP contribution in [0.3, 0.4) is 0 Å². The zero-order valence-corrected chi connectivity index (χ0v) is 18.0. The molecule has 0 amide bonds. The molecule has 0 aliphatic carbocycles. The quantitative estimate of drug-likeness (QED) is 0.642. The molecular formula is C24H34ClNO2. The van der Waals surface area contributed by atoms with Crippen molar-refractivity contribution in [1.82, 2.24) is 4.90 Å². The number of piperidine rings is 1. The van der Waals surface area contributed by atoms with Crippen LogP contribution < -0.4 is 4.74 Å². The van der Waals surface area contributed by atoms with Crippen molar-refractivity contribution in [2.24, 2.45) is 0 Å². The minimum absolute atomic E-state index is 0. The molecule has 4 heteroatoms. The Labute approximate surface area is 176 Å². The number of ether oxygens (including phenoxy) is 1. The third-order valence-corrected chi connectivity index (χ3v) is 5.89. The molecule has 0 spiro atoms. The lowest BCUT2D eigenvalue weighted by Crippen LogP contribution is -2.42. The third kappa shape index (κ3) is 5.28. The van der Waals surface area contributed by atoms with Crippen molar-refractivity contribution in [1.29, 1.82) is 0 Å². The van der Waals surface area contributed by atoms with Crippen molar-refractivity contribution in [2.45, 2.75) is 50.5 Å². The van der Waals surface area contributed by atoms with E-state index in [1.54, 1.807) is 7.11 Å². The topological polar surface area (TPSA) is 32.7 Å². The molecule has 154 valence electrons. The van der Waals surface area contributed by atoms with Crippen molar-refractivity contribution in [3.8, 4) is 5.75 Å². The van der Waals surface area contributed by atoms with Gasteiger partial charge in [0.15, 0.2) is 0 Å². The number of hydrogen-bond acceptors (Lipinski definition) is 3. The molecule has 3 rings (SSSR count). The molecule has 0 saturated carbocycles. The van der Waals surface area contributed by atoms with Gasteiger partial charge in [-0.3, -0.25) is 0 Å². The first-order valence-corrected chi connectivity index (χ1v) is 10.3. The Morgan fingerprint density at radius 1 is 1.00 bits per heavy atom. The molecule has 2 unspecified atom stereocenters. The SMILES string of the molecule is CCCC(O)(c1ccc(OC)cc1)C(CN1CCCCC1)c1ccccc1.Cl. The Bertz CT molecular complexity index is 686. The van der Waals surface area contributed by atoms with Gasteiger partial charge in [-0.15, -0.1) is 12.4 Å². The van der Waals surface area contributed by atoms with Gasteiger partial charge in [-0.25, -0.2) is 0 Å². The third-order valence-electron chi connectivity index (χ3n) is 5.89. The van der Waals surface area contributed by atoms with E-state index in [1.807, 2.05) is 30.3 Å². The average molecular weight is 404 g/mol. The van der Waals surface area contributed by atoms with Crippen LogP contribution in [0.2, 0.25) is 0 Å². The van der Waals surface area contributed by atoms with Gasteiger partial charge >= 0.3 is 0 Å². The van der Waals surface area contributed by atoms with Crippen LogP contribution in [0.15, 0.2) is 54.6 Å². The summed E-state index contributed by atoms with van der Waals surface area (Å²) in [5, 5.41) is 12.0. The van der Waals surface area contributed by atoms with Crippen molar-refractivity contribution in [3.63, 3.8) is 0 Å². The van der Waals surface area contributed by atoms with Gasteiger partial charge in [0.05, 0.1) is 12.7 Å². The molecule has 0 aromatic heterocycles. The van der Waals surface area contributed by atoms with E-state index in [9.17, 15) is 5.11 Å². The van der Waals surface area contributed by atoms with Gasteiger partial charge < -0.3 is 14.7 Å². The Morgan fingerprint density at radius 3 is 2.21 bits per heavy atom. The van der Waals surface area contributed by atoms with Crippen LogP contribution in [0.5, 0.6) is 5.75 Å². The van der Waals surface area contributed by atoms with Gasteiger partial charge in [0.1, 0.15) is 5.75 Å². The minimum atomic E-state index is -0.889. The molecule has 2 aromatic carbocycles. The Kier molecular flexibility index (Phi) is 8.81. The number of aliphatic hydroxyl groups is 1. The highest BCUT2D eigenvalue weighted by molar-refractivity contribution is 5.85. The fourth-order valence-corrected chi connectivity index (χ4v) is 4.40. The van der Waals surface area contributed by atoms with E-state index < -0.39 is 5.60 Å². The summed E-state index contributed by atoms with van der Waals surface area (Å²) in [4.78, 5) is 2.53. The first-order chi connectivity index (χ1) is 13.2. The Balaban J connectivity index is 0.00000280. The number of hydrogen-bond donors (Lipinski definition) is 1. The van der Waals surface area contributed by atoms with Crippen molar-refractivity contribution >= 4 is 12.4 Å². The Hall–Kier alpha value is -1.55. The molecule has 2 atom stereocenters. The number of benzene rings is 2. The fraction of sp³-hybridized carbons (Fsp3) is 0.500. The van der Waals surface area contributed by atoms with Crippen LogP contribution in [0, 0.1) is 0 Å². The summed E-state index contributed by atoms with van der Waals surface area (Å²) in [6.45, 7) is 5.31. The monoisotopic (exact) mass is 403 g/mol. The smallest absolute Gasteiger partial charge is 0.118 e. The van der Waals surface area contributed by atoms with Gasteiger partial charge in [0, 0.05) is 12.5 Å². The molecule has 3 nitrogen and oxygen atoms in total. The van der Waals surface area contributed by atoms with Gasteiger partial charge in [-0.05, 0) is 55.6 Å². The predicted octanol–water partition coefficient (Wildman–Crippen LogP) is 5.37. The number of nitrogens with zero attached hydrogens (tertiary/aromatic N) is 1. The van der Waals surface area contributed by atoms with E-state index in [1.165, 1.54) is 24.8 Å². The molecule has 1 aliphatic heterocycles. The second-order valence-corrected chi connectivity index (χ2v) is 7.73. The van der Waals surface area contributed by atoms with Gasteiger partial charge in [0.2, 0.25) is 0 Å². The van der Waals surface area contributed by atoms with E-state index in [4.69, 9.17) is 4.74 Å². The minimum Gasteiger partial charge on any atom is -0.497 e. The summed E-state index contributed by atoms with van der Waals surface area (Å²) < 4.78 is 5.32. The van der Waals surface area contributed by atoms with Gasteiger partial charge in [0.25, 0.3) is 0 Å². The fourth-order valence-electron chi connectivity index (χ4n) is 4.40. The highest BCUT2D eigenvalue weighted by Gasteiger charge is 2.39. The second-order valence-electron chi connectivity index (χ2n) is 7.73. The number of methoxy groups -OCH3 is 1. The summed E-state index contributed by atoms with van der Waals surface area (Å²) in [6, 6.07) is 18.5. The first kappa shape index (κ1) is 22.7. The van der Waals surface area contributed by atoms with Gasteiger partial charge in [-0.2, -0.15) is 0 Å². The molecule has 2 aromatic rings. The van der Waals surface area contributed by atoms with Gasteiger partial charge in [-0.1, -0.05) is 62.2 Å². The largest absolute Gasteiger partial charge is 0.497 e. The van der Waals surface area contributed by atoms with E-state index >= 15 is 0 Å². The molecule has 0 bridgehead atoms. The maximum Gasteiger partial charge on any atom is 0.118 e. The van der Waals surface area contributed by atoms with Crippen LogP contribution in [-0.2, 0) is 5.60 Å². The summed E-state index contributed by atoms with van der Waals surface area (Å²) in [7, 11) is 1.68. The van der Waals surface area contributed by atoms with E-state index in [0.29, 0.717) is 0 Å². The van der Waals surface area contributed by atoms with Crippen molar-refractivity contribution in [2.75, 3.05) is 26.7 Å². The van der Waals surface area contributed by atoms with Crippen LogP contribution in [0.25, 0.3) is 0 Å². The molecule has 1 aliphatic rings. The van der Waals surface area contributed by atoms with Crippen LogP contribution >= 0.6 is 12.4 Å². The number of rotatable bonds is 8. The van der Waals surface area contributed by atoms with Crippen LogP contribution in [-0.4, -0.2) is 36.8 Å². The highest BCUT2D eigenvalue weighted by atomic mass is 35.5. The average Bonchev–Trinajstić information content (AvgIpc) is 2.73. The summed E-state index contributed by atoms with van der Waals surface area (Å²) in [6.07, 6.45) is 5.52. The number of likely N-dealkylation sites (tertiary alicyclic amines) is 1. The molecule has 1 fully saturated rings. The maximum atomic E-state index is 12.0. The van der Waals surface area contributed by atoms with E-state index in [-0.39, 0.29) is 18.3 Å². The number of halogens is 1. The predicted molar refractivity (Wildman–Crippen MR) is 119 cm³/mol. The van der Waals surface area contributed by atoms with Crippen LogP contribution in [0.4, 0.5) is 0 Å². The zero-order chi connectivity index (χ0) is 19.1. The molecule has 0 radical (unpaired) electrons. The Morgan fingerprint density at radius 2 is 1.64 bits per heavy atom. The van der Waals surface area contributed by atoms with E-state index in [0.717, 1.165) is 43.8 Å². The maximum absolute atomic E-state index is 12.0. The van der Waals surface area contributed by atoms with Crippen LogP contribution in [0.1, 0.15) is 56.1 Å². The van der Waals surface area contributed by atoms with Crippen molar-refractivity contribution < 1.29 is 9.84 Å². The van der Waals surface area contributed by atoms with E-state index in [2.05, 4.69) is 36.1 Å². The second kappa shape index (κ2) is 10.8. The molecule has 28 heavy (non-hydrogen) atoms. The lowest BCUT2D eigenvalue weighted by atomic mass is 9.74. The molecular weight excluding hydrogens is 370 g/mol. The molecule has 1 saturated heterocycles. The zero-order valence-electron chi connectivity index (χ0n) is 17.1. The molecule has 1 heterocycles.